The van der Waals surface area contributed by atoms with Gasteiger partial charge in [-0.2, -0.15) is 0 Å². The Balaban J connectivity index is 2.24. The minimum absolute atomic E-state index is 0.408. The van der Waals surface area contributed by atoms with E-state index in [0.717, 1.165) is 6.54 Å². The van der Waals surface area contributed by atoms with Crippen LogP contribution in [0.4, 0.5) is 0 Å². The summed E-state index contributed by atoms with van der Waals surface area (Å²) in [5.41, 5.74) is 3.54. The summed E-state index contributed by atoms with van der Waals surface area (Å²) in [5, 5.41) is 3.62. The molecule has 1 aromatic carbocycles. The van der Waals surface area contributed by atoms with E-state index in [2.05, 4.69) is 36.5 Å². The van der Waals surface area contributed by atoms with Crippen molar-refractivity contribution in [1.82, 2.24) is 5.32 Å². The van der Waals surface area contributed by atoms with Crippen molar-refractivity contribution >= 4 is 0 Å². The third kappa shape index (κ3) is 0.910. The monoisotopic (exact) mass is 173 g/mol. The van der Waals surface area contributed by atoms with Crippen molar-refractivity contribution in [2.45, 2.75) is 31.2 Å². The Kier molecular flexibility index (Phi) is 1.37. The number of piperidine rings is 1. The molecule has 2 atom stereocenters. The molecular formula is C12H15N. The van der Waals surface area contributed by atoms with Gasteiger partial charge in [-0.1, -0.05) is 31.2 Å². The maximum Gasteiger partial charge on any atom is 0.0323 e. The molecule has 1 saturated heterocycles. The first-order chi connectivity index (χ1) is 6.30. The van der Waals surface area contributed by atoms with Crippen molar-refractivity contribution in [2.24, 2.45) is 0 Å². The van der Waals surface area contributed by atoms with Crippen LogP contribution in [0.5, 0.6) is 0 Å². The fourth-order valence-electron chi connectivity index (χ4n) is 2.85. The maximum absolute atomic E-state index is 3.62. The van der Waals surface area contributed by atoms with E-state index < -0.39 is 0 Å². The maximum atomic E-state index is 3.62. The molecule has 2 aliphatic heterocycles. The lowest BCUT2D eigenvalue weighted by molar-refractivity contribution is 0.249. The Morgan fingerprint density at radius 3 is 2.92 bits per heavy atom. The van der Waals surface area contributed by atoms with Crippen molar-refractivity contribution in [3.05, 3.63) is 35.4 Å². The van der Waals surface area contributed by atoms with Gasteiger partial charge in [-0.15, -0.1) is 0 Å². The molecule has 0 aromatic heterocycles. The van der Waals surface area contributed by atoms with Crippen LogP contribution in [0.1, 0.15) is 36.9 Å². The van der Waals surface area contributed by atoms with Gasteiger partial charge < -0.3 is 5.32 Å². The van der Waals surface area contributed by atoms with Crippen LogP contribution in [0.2, 0.25) is 0 Å². The number of rotatable bonds is 0. The molecule has 1 aromatic rings. The molecule has 13 heavy (non-hydrogen) atoms. The van der Waals surface area contributed by atoms with E-state index in [1.165, 1.54) is 12.8 Å². The standard InChI is InChI=1S/C12H15N/c1-12-7-6-11(13-8-12)9-4-2-3-5-10(9)12/h2-5,11,13H,6-8H2,1H3. The summed E-state index contributed by atoms with van der Waals surface area (Å²) in [5.74, 6) is 0. The molecule has 0 radical (unpaired) electrons. The molecule has 2 heterocycles. The molecular weight excluding hydrogens is 158 g/mol. The lowest BCUT2D eigenvalue weighted by atomic mass is 9.66. The number of hydrogen-bond donors (Lipinski definition) is 1. The highest BCUT2D eigenvalue weighted by atomic mass is 15.0. The molecule has 1 aliphatic carbocycles. The van der Waals surface area contributed by atoms with Crippen LogP contribution in [0, 0.1) is 0 Å². The van der Waals surface area contributed by atoms with Gasteiger partial charge in [0.1, 0.15) is 0 Å². The molecule has 3 aliphatic rings. The smallest absolute Gasteiger partial charge is 0.0323 e. The lowest BCUT2D eigenvalue weighted by Gasteiger charge is -2.46. The number of fused-ring (bicyclic) bond motifs is 2. The van der Waals surface area contributed by atoms with Crippen molar-refractivity contribution in [1.29, 1.82) is 0 Å². The van der Waals surface area contributed by atoms with E-state index in [4.69, 9.17) is 0 Å². The van der Waals surface area contributed by atoms with E-state index >= 15 is 0 Å². The molecule has 4 rings (SSSR count). The van der Waals surface area contributed by atoms with Gasteiger partial charge in [0.05, 0.1) is 0 Å². The van der Waals surface area contributed by atoms with Crippen LogP contribution < -0.4 is 5.32 Å². The summed E-state index contributed by atoms with van der Waals surface area (Å²) in [7, 11) is 0. The van der Waals surface area contributed by atoms with Crippen LogP contribution in [-0.2, 0) is 5.41 Å². The predicted molar refractivity (Wildman–Crippen MR) is 53.8 cm³/mol. The van der Waals surface area contributed by atoms with Crippen LogP contribution in [-0.4, -0.2) is 6.54 Å². The summed E-state index contributed by atoms with van der Waals surface area (Å²) in [6, 6.07) is 9.55. The van der Waals surface area contributed by atoms with Crippen LogP contribution >= 0.6 is 0 Å². The third-order valence-corrected chi connectivity index (χ3v) is 3.71. The second-order valence-corrected chi connectivity index (χ2v) is 4.62. The summed E-state index contributed by atoms with van der Waals surface area (Å²) in [4.78, 5) is 0. The SMILES string of the molecule is CC12CCC(NC1)c1ccccc12. The normalized spacial score (nSPS) is 35.9. The van der Waals surface area contributed by atoms with E-state index in [9.17, 15) is 0 Å². The average molecular weight is 173 g/mol. The zero-order chi connectivity index (χ0) is 8.89. The molecule has 2 unspecified atom stereocenters. The molecule has 0 amide bonds. The van der Waals surface area contributed by atoms with E-state index in [-0.39, 0.29) is 0 Å². The second kappa shape index (κ2) is 2.36. The number of hydrogen-bond acceptors (Lipinski definition) is 1. The fraction of sp³-hybridized carbons (Fsp3) is 0.500. The highest BCUT2D eigenvalue weighted by Gasteiger charge is 2.40. The second-order valence-electron chi connectivity index (χ2n) is 4.62. The Morgan fingerprint density at radius 1 is 1.38 bits per heavy atom. The molecule has 0 spiro atoms. The number of benzene rings is 1. The molecule has 68 valence electrons. The van der Waals surface area contributed by atoms with Crippen molar-refractivity contribution in [3.8, 4) is 0 Å². The molecule has 1 fully saturated rings. The number of nitrogens with one attached hydrogen (secondary N) is 1. The van der Waals surface area contributed by atoms with Gasteiger partial charge in [0.25, 0.3) is 0 Å². The van der Waals surface area contributed by atoms with Crippen LogP contribution in [0.15, 0.2) is 24.3 Å². The largest absolute Gasteiger partial charge is 0.309 e. The fourth-order valence-corrected chi connectivity index (χ4v) is 2.85. The zero-order valence-electron chi connectivity index (χ0n) is 8.01. The predicted octanol–water partition coefficient (Wildman–Crippen LogP) is 2.38. The van der Waals surface area contributed by atoms with E-state index in [1.807, 2.05) is 0 Å². The summed E-state index contributed by atoms with van der Waals surface area (Å²) in [6.07, 6.45) is 2.66. The summed E-state index contributed by atoms with van der Waals surface area (Å²) >= 11 is 0. The van der Waals surface area contributed by atoms with Crippen molar-refractivity contribution in [3.63, 3.8) is 0 Å². The van der Waals surface area contributed by atoms with Crippen molar-refractivity contribution < 1.29 is 0 Å². The van der Waals surface area contributed by atoms with Gasteiger partial charge in [0.2, 0.25) is 0 Å². The minimum Gasteiger partial charge on any atom is -0.309 e. The molecule has 2 bridgehead atoms. The van der Waals surface area contributed by atoms with Gasteiger partial charge in [-0.3, -0.25) is 0 Å². The molecule has 1 nitrogen and oxygen atoms in total. The Labute approximate surface area is 79.2 Å². The highest BCUT2D eigenvalue weighted by Crippen LogP contribution is 2.45. The third-order valence-electron chi connectivity index (χ3n) is 3.71. The lowest BCUT2D eigenvalue weighted by Crippen LogP contribution is -2.48. The van der Waals surface area contributed by atoms with Gasteiger partial charge in [0.15, 0.2) is 0 Å². The van der Waals surface area contributed by atoms with Gasteiger partial charge in [-0.25, -0.2) is 0 Å². The first-order valence-corrected chi connectivity index (χ1v) is 5.12. The molecule has 1 N–H and O–H groups in total. The Bertz CT molecular complexity index is 335. The topological polar surface area (TPSA) is 12.0 Å². The van der Waals surface area contributed by atoms with E-state index in [1.54, 1.807) is 11.1 Å². The van der Waals surface area contributed by atoms with Gasteiger partial charge in [-0.05, 0) is 24.0 Å². The van der Waals surface area contributed by atoms with E-state index in [0.29, 0.717) is 11.5 Å². The van der Waals surface area contributed by atoms with Crippen LogP contribution in [0.3, 0.4) is 0 Å². The Hall–Kier alpha value is -0.820. The first-order valence-electron chi connectivity index (χ1n) is 5.12. The average Bonchev–Trinajstić information content (AvgIpc) is 2.19. The van der Waals surface area contributed by atoms with Gasteiger partial charge >= 0.3 is 0 Å². The first kappa shape index (κ1) is 7.57. The van der Waals surface area contributed by atoms with Crippen LogP contribution in [0.25, 0.3) is 0 Å². The Morgan fingerprint density at radius 2 is 2.23 bits per heavy atom. The van der Waals surface area contributed by atoms with Gasteiger partial charge in [0, 0.05) is 18.0 Å². The highest BCUT2D eigenvalue weighted by molar-refractivity contribution is 5.41. The molecule has 1 heteroatoms. The zero-order valence-corrected chi connectivity index (χ0v) is 8.01. The van der Waals surface area contributed by atoms with Crippen molar-refractivity contribution in [2.75, 3.05) is 6.54 Å². The summed E-state index contributed by atoms with van der Waals surface area (Å²) in [6.45, 7) is 3.54. The minimum atomic E-state index is 0.408. The molecule has 0 saturated carbocycles. The summed E-state index contributed by atoms with van der Waals surface area (Å²) < 4.78 is 0. The quantitative estimate of drug-likeness (QED) is 0.635.